The quantitative estimate of drug-likeness (QED) is 0.732. The first kappa shape index (κ1) is 14.9. The molecule has 0 fully saturated rings. The Hall–Kier alpha value is -1.06. The summed E-state index contributed by atoms with van der Waals surface area (Å²) in [6.07, 6.45) is 1.16. The lowest BCUT2D eigenvalue weighted by molar-refractivity contribution is -0.148. The number of carbonyl (C=O) groups excluding carboxylic acids is 1. The van der Waals surface area contributed by atoms with E-state index in [0.29, 0.717) is 6.42 Å². The van der Waals surface area contributed by atoms with Crippen molar-refractivity contribution in [2.24, 2.45) is 11.8 Å². The summed E-state index contributed by atoms with van der Waals surface area (Å²) in [6, 6.07) is 0. The first-order valence-corrected chi connectivity index (χ1v) is 5.80. The van der Waals surface area contributed by atoms with Crippen LogP contribution in [0.25, 0.3) is 0 Å². The summed E-state index contributed by atoms with van der Waals surface area (Å²) in [5.41, 5.74) is -1.14. The maximum atomic E-state index is 11.8. The van der Waals surface area contributed by atoms with Crippen LogP contribution in [0.2, 0.25) is 0 Å². The van der Waals surface area contributed by atoms with E-state index in [-0.39, 0.29) is 17.7 Å². The van der Waals surface area contributed by atoms with Crippen LogP contribution in [0.5, 0.6) is 0 Å². The van der Waals surface area contributed by atoms with Crippen molar-refractivity contribution in [2.45, 2.75) is 53.0 Å². The minimum Gasteiger partial charge on any atom is -0.480 e. The molecule has 4 heteroatoms. The second kappa shape index (κ2) is 5.87. The van der Waals surface area contributed by atoms with Gasteiger partial charge in [0.15, 0.2) is 0 Å². The molecule has 0 aromatic carbocycles. The van der Waals surface area contributed by atoms with Gasteiger partial charge in [-0.15, -0.1) is 0 Å². The Balaban J connectivity index is 4.65. The third kappa shape index (κ3) is 3.83. The maximum Gasteiger partial charge on any atom is 0.329 e. The lowest BCUT2D eigenvalue weighted by atomic mass is 9.92. The van der Waals surface area contributed by atoms with Crippen molar-refractivity contribution in [1.82, 2.24) is 5.32 Å². The van der Waals surface area contributed by atoms with Crippen molar-refractivity contribution in [3.8, 4) is 0 Å². The van der Waals surface area contributed by atoms with E-state index in [1.54, 1.807) is 6.92 Å². The fraction of sp³-hybridized carbons (Fsp3) is 0.833. The van der Waals surface area contributed by atoms with Gasteiger partial charge in [0.05, 0.1) is 0 Å². The molecule has 0 aliphatic carbocycles. The second-order valence-corrected chi connectivity index (χ2v) is 4.91. The normalized spacial score (nSPS) is 16.6. The predicted octanol–water partition coefficient (Wildman–Crippen LogP) is 2.04. The number of hydrogen-bond acceptors (Lipinski definition) is 2. The molecular formula is C12H23NO3. The Morgan fingerprint density at radius 2 is 1.81 bits per heavy atom. The average molecular weight is 229 g/mol. The summed E-state index contributed by atoms with van der Waals surface area (Å²) in [5.74, 6) is -1.12. The molecule has 16 heavy (non-hydrogen) atoms. The lowest BCUT2D eigenvalue weighted by Crippen LogP contribution is -2.53. The van der Waals surface area contributed by atoms with Crippen LogP contribution in [0.15, 0.2) is 0 Å². The first-order chi connectivity index (χ1) is 7.24. The summed E-state index contributed by atoms with van der Waals surface area (Å²) in [6.45, 7) is 9.17. The molecule has 2 atom stereocenters. The monoisotopic (exact) mass is 229 g/mol. The van der Waals surface area contributed by atoms with Gasteiger partial charge in [0.1, 0.15) is 5.54 Å². The number of carboxylic acid groups (broad SMARTS) is 1. The zero-order valence-electron chi connectivity index (χ0n) is 10.8. The molecule has 0 aromatic heterocycles. The number of aliphatic carboxylic acids is 1. The lowest BCUT2D eigenvalue weighted by Gasteiger charge is -2.28. The van der Waals surface area contributed by atoms with Gasteiger partial charge in [-0.3, -0.25) is 4.79 Å². The molecule has 0 unspecified atom stereocenters. The molecule has 0 aliphatic rings. The van der Waals surface area contributed by atoms with Gasteiger partial charge in [-0.2, -0.15) is 0 Å². The number of amides is 1. The Morgan fingerprint density at radius 3 is 2.12 bits per heavy atom. The molecule has 0 saturated carbocycles. The summed E-state index contributed by atoms with van der Waals surface area (Å²) in [5, 5.41) is 11.8. The summed E-state index contributed by atoms with van der Waals surface area (Å²) < 4.78 is 0. The molecule has 0 aromatic rings. The SMILES string of the molecule is CCC[C@@](C)(NC(=O)[C@@H](C)C(C)C)C(=O)O. The van der Waals surface area contributed by atoms with Gasteiger partial charge < -0.3 is 10.4 Å². The van der Waals surface area contributed by atoms with Crippen molar-refractivity contribution in [3.05, 3.63) is 0 Å². The van der Waals surface area contributed by atoms with Crippen LogP contribution < -0.4 is 5.32 Å². The van der Waals surface area contributed by atoms with Gasteiger partial charge in [-0.05, 0) is 19.3 Å². The number of carbonyl (C=O) groups is 2. The fourth-order valence-corrected chi connectivity index (χ4v) is 1.41. The number of rotatable bonds is 6. The topological polar surface area (TPSA) is 66.4 Å². The molecule has 4 nitrogen and oxygen atoms in total. The summed E-state index contributed by atoms with van der Waals surface area (Å²) in [4.78, 5) is 22.9. The maximum absolute atomic E-state index is 11.8. The third-order valence-corrected chi connectivity index (χ3v) is 3.03. The molecule has 2 N–H and O–H groups in total. The zero-order valence-corrected chi connectivity index (χ0v) is 10.8. The first-order valence-electron chi connectivity index (χ1n) is 5.80. The zero-order chi connectivity index (χ0) is 12.9. The van der Waals surface area contributed by atoms with Crippen LogP contribution in [-0.2, 0) is 9.59 Å². The molecular weight excluding hydrogens is 206 g/mol. The molecule has 0 spiro atoms. The highest BCUT2D eigenvalue weighted by molar-refractivity contribution is 5.87. The largest absolute Gasteiger partial charge is 0.480 e. The fourth-order valence-electron chi connectivity index (χ4n) is 1.41. The highest BCUT2D eigenvalue weighted by Crippen LogP contribution is 2.16. The average Bonchev–Trinajstić information content (AvgIpc) is 2.16. The van der Waals surface area contributed by atoms with Crippen LogP contribution in [0.1, 0.15) is 47.5 Å². The molecule has 0 rings (SSSR count). The number of hydrogen-bond donors (Lipinski definition) is 2. The van der Waals surface area contributed by atoms with E-state index in [4.69, 9.17) is 5.11 Å². The van der Waals surface area contributed by atoms with Crippen molar-refractivity contribution in [1.29, 1.82) is 0 Å². The summed E-state index contributed by atoms with van der Waals surface area (Å²) >= 11 is 0. The van der Waals surface area contributed by atoms with Crippen molar-refractivity contribution in [2.75, 3.05) is 0 Å². The van der Waals surface area contributed by atoms with Gasteiger partial charge >= 0.3 is 5.97 Å². The van der Waals surface area contributed by atoms with E-state index in [0.717, 1.165) is 6.42 Å². The highest BCUT2D eigenvalue weighted by atomic mass is 16.4. The minimum atomic E-state index is -1.14. The molecule has 1 amide bonds. The van der Waals surface area contributed by atoms with E-state index in [1.807, 2.05) is 27.7 Å². The Bertz CT molecular complexity index is 263. The van der Waals surface area contributed by atoms with Gasteiger partial charge in [-0.25, -0.2) is 4.79 Å². The van der Waals surface area contributed by atoms with E-state index in [2.05, 4.69) is 5.32 Å². The second-order valence-electron chi connectivity index (χ2n) is 4.91. The predicted molar refractivity (Wildman–Crippen MR) is 63.1 cm³/mol. The van der Waals surface area contributed by atoms with E-state index < -0.39 is 11.5 Å². The molecule has 94 valence electrons. The highest BCUT2D eigenvalue weighted by Gasteiger charge is 2.35. The van der Waals surface area contributed by atoms with E-state index >= 15 is 0 Å². The molecule has 0 heterocycles. The molecule has 0 aliphatic heterocycles. The molecule has 0 radical (unpaired) electrons. The van der Waals surface area contributed by atoms with Crippen LogP contribution in [0.3, 0.4) is 0 Å². The number of carboxylic acids is 1. The van der Waals surface area contributed by atoms with Crippen molar-refractivity contribution < 1.29 is 14.7 Å². The Kier molecular flexibility index (Phi) is 5.48. The molecule has 0 bridgehead atoms. The summed E-state index contributed by atoms with van der Waals surface area (Å²) in [7, 11) is 0. The van der Waals surface area contributed by atoms with Crippen LogP contribution >= 0.6 is 0 Å². The third-order valence-electron chi connectivity index (χ3n) is 3.03. The van der Waals surface area contributed by atoms with Gasteiger partial charge in [0, 0.05) is 5.92 Å². The van der Waals surface area contributed by atoms with Gasteiger partial charge in [0.25, 0.3) is 0 Å². The van der Waals surface area contributed by atoms with Crippen LogP contribution in [0, 0.1) is 11.8 Å². The minimum absolute atomic E-state index is 0.171. The van der Waals surface area contributed by atoms with E-state index in [9.17, 15) is 9.59 Å². The Morgan fingerprint density at radius 1 is 1.31 bits per heavy atom. The smallest absolute Gasteiger partial charge is 0.329 e. The van der Waals surface area contributed by atoms with Crippen molar-refractivity contribution >= 4 is 11.9 Å². The Labute approximate surface area is 97.4 Å². The van der Waals surface area contributed by atoms with Gasteiger partial charge in [0.2, 0.25) is 5.91 Å². The number of nitrogens with one attached hydrogen (secondary N) is 1. The van der Waals surface area contributed by atoms with Crippen LogP contribution in [-0.4, -0.2) is 22.5 Å². The van der Waals surface area contributed by atoms with E-state index in [1.165, 1.54) is 0 Å². The molecule has 0 saturated heterocycles. The van der Waals surface area contributed by atoms with Crippen LogP contribution in [0.4, 0.5) is 0 Å². The van der Waals surface area contributed by atoms with Gasteiger partial charge in [-0.1, -0.05) is 34.1 Å². The standard InChI is InChI=1S/C12H23NO3/c1-6-7-12(5,11(15)16)13-10(14)9(4)8(2)3/h8-9H,6-7H2,1-5H3,(H,13,14)(H,15,16)/t9-,12+/m0/s1. The van der Waals surface area contributed by atoms with Crippen molar-refractivity contribution in [3.63, 3.8) is 0 Å².